The maximum absolute atomic E-state index is 4.48. The molecule has 0 bridgehead atoms. The molecule has 1 heterocycles. The molecule has 1 N–H and O–H groups in total. The molecule has 0 aliphatic rings. The third-order valence-electron chi connectivity index (χ3n) is 2.84. The van der Waals surface area contributed by atoms with Gasteiger partial charge in [-0.25, -0.2) is 0 Å². The molecule has 90 valence electrons. The second-order valence-electron chi connectivity index (χ2n) is 4.09. The average Bonchev–Trinajstić information content (AvgIpc) is 2.66. The summed E-state index contributed by atoms with van der Waals surface area (Å²) in [7, 11) is 2.01. The van der Waals surface area contributed by atoms with Crippen LogP contribution in [-0.2, 0) is 6.54 Å². The van der Waals surface area contributed by atoms with Crippen molar-refractivity contribution in [3.05, 3.63) is 30.1 Å². The standard InChI is InChI=1S/C13H23N3/c1-5-7-8-9-12(14-4)13-10-11(3)15-16(13)6-2/h5,10,12,14H,1,6-9H2,2-4H3. The molecule has 0 aliphatic carbocycles. The van der Waals surface area contributed by atoms with E-state index < -0.39 is 0 Å². The molecule has 0 radical (unpaired) electrons. The van der Waals surface area contributed by atoms with Gasteiger partial charge in [0.05, 0.1) is 11.4 Å². The second kappa shape index (κ2) is 6.48. The molecular formula is C13H23N3. The Morgan fingerprint density at radius 2 is 2.38 bits per heavy atom. The first kappa shape index (κ1) is 13.0. The lowest BCUT2D eigenvalue weighted by Gasteiger charge is -2.16. The van der Waals surface area contributed by atoms with Gasteiger partial charge < -0.3 is 5.32 Å². The fourth-order valence-electron chi connectivity index (χ4n) is 2.01. The van der Waals surface area contributed by atoms with E-state index in [1.54, 1.807) is 0 Å². The molecule has 1 rings (SSSR count). The third kappa shape index (κ3) is 3.20. The highest BCUT2D eigenvalue weighted by atomic mass is 15.3. The summed E-state index contributed by atoms with van der Waals surface area (Å²) in [4.78, 5) is 0. The van der Waals surface area contributed by atoms with Crippen LogP contribution in [0.25, 0.3) is 0 Å². The normalized spacial score (nSPS) is 12.7. The van der Waals surface area contributed by atoms with Crippen molar-refractivity contribution in [2.75, 3.05) is 7.05 Å². The number of allylic oxidation sites excluding steroid dienone is 1. The monoisotopic (exact) mass is 221 g/mol. The zero-order valence-corrected chi connectivity index (χ0v) is 10.7. The van der Waals surface area contributed by atoms with Crippen LogP contribution in [0.5, 0.6) is 0 Å². The van der Waals surface area contributed by atoms with Gasteiger partial charge in [-0.2, -0.15) is 5.10 Å². The Kier molecular flexibility index (Phi) is 5.26. The van der Waals surface area contributed by atoms with Crippen LogP contribution in [0.2, 0.25) is 0 Å². The van der Waals surface area contributed by atoms with Gasteiger partial charge >= 0.3 is 0 Å². The lowest BCUT2D eigenvalue weighted by Crippen LogP contribution is -2.20. The molecule has 1 atom stereocenters. The quantitative estimate of drug-likeness (QED) is 0.567. The third-order valence-corrected chi connectivity index (χ3v) is 2.84. The van der Waals surface area contributed by atoms with Crippen LogP contribution in [-0.4, -0.2) is 16.8 Å². The number of nitrogens with one attached hydrogen (secondary N) is 1. The van der Waals surface area contributed by atoms with Crippen molar-refractivity contribution < 1.29 is 0 Å². The van der Waals surface area contributed by atoms with Gasteiger partial charge in [0.15, 0.2) is 0 Å². The topological polar surface area (TPSA) is 29.9 Å². The van der Waals surface area contributed by atoms with Gasteiger partial charge in [-0.3, -0.25) is 4.68 Å². The van der Waals surface area contributed by atoms with Crippen molar-refractivity contribution in [1.29, 1.82) is 0 Å². The molecule has 0 saturated heterocycles. The second-order valence-corrected chi connectivity index (χ2v) is 4.09. The van der Waals surface area contributed by atoms with Gasteiger partial charge in [0.1, 0.15) is 0 Å². The minimum absolute atomic E-state index is 0.404. The van der Waals surface area contributed by atoms with E-state index in [-0.39, 0.29) is 0 Å². The zero-order valence-electron chi connectivity index (χ0n) is 10.7. The molecule has 0 aromatic carbocycles. The number of hydrogen-bond acceptors (Lipinski definition) is 2. The molecule has 3 nitrogen and oxygen atoms in total. The summed E-state index contributed by atoms with van der Waals surface area (Å²) in [6.07, 6.45) is 5.36. The highest BCUT2D eigenvalue weighted by molar-refractivity contribution is 5.13. The fourth-order valence-corrected chi connectivity index (χ4v) is 2.01. The van der Waals surface area contributed by atoms with Crippen molar-refractivity contribution >= 4 is 0 Å². The molecule has 0 spiro atoms. The number of aromatic nitrogens is 2. The highest BCUT2D eigenvalue weighted by Crippen LogP contribution is 2.20. The Morgan fingerprint density at radius 3 is 2.94 bits per heavy atom. The van der Waals surface area contributed by atoms with Crippen LogP contribution in [0.3, 0.4) is 0 Å². The Labute approximate surface area is 98.5 Å². The summed E-state index contributed by atoms with van der Waals surface area (Å²) >= 11 is 0. The maximum Gasteiger partial charge on any atom is 0.0597 e. The van der Waals surface area contributed by atoms with E-state index in [9.17, 15) is 0 Å². The molecule has 0 fully saturated rings. The maximum atomic E-state index is 4.48. The van der Waals surface area contributed by atoms with Gasteiger partial charge in [-0.15, -0.1) is 6.58 Å². The van der Waals surface area contributed by atoms with Crippen LogP contribution in [0.1, 0.15) is 43.6 Å². The van der Waals surface area contributed by atoms with Gasteiger partial charge in [-0.05, 0) is 46.2 Å². The van der Waals surface area contributed by atoms with E-state index in [4.69, 9.17) is 0 Å². The van der Waals surface area contributed by atoms with Crippen LogP contribution >= 0.6 is 0 Å². The lowest BCUT2D eigenvalue weighted by molar-refractivity contribution is 0.477. The summed E-state index contributed by atoms with van der Waals surface area (Å²) in [5.74, 6) is 0. The van der Waals surface area contributed by atoms with E-state index in [0.717, 1.165) is 25.1 Å². The number of unbranched alkanes of at least 4 members (excludes halogenated alkanes) is 1. The minimum Gasteiger partial charge on any atom is -0.312 e. The highest BCUT2D eigenvalue weighted by Gasteiger charge is 2.14. The average molecular weight is 221 g/mol. The summed E-state index contributed by atoms with van der Waals surface area (Å²) < 4.78 is 2.09. The Balaban J connectivity index is 2.72. The van der Waals surface area contributed by atoms with Crippen LogP contribution in [0, 0.1) is 6.92 Å². The first-order valence-corrected chi connectivity index (χ1v) is 6.05. The van der Waals surface area contributed by atoms with Gasteiger partial charge in [0.25, 0.3) is 0 Å². The Hall–Kier alpha value is -1.09. The molecule has 3 heteroatoms. The molecule has 16 heavy (non-hydrogen) atoms. The molecule has 0 saturated carbocycles. The van der Waals surface area contributed by atoms with Crippen molar-refractivity contribution in [3.8, 4) is 0 Å². The summed E-state index contributed by atoms with van der Waals surface area (Å²) in [5.41, 5.74) is 2.40. The van der Waals surface area contributed by atoms with Crippen LogP contribution in [0.15, 0.2) is 18.7 Å². The van der Waals surface area contributed by atoms with Crippen molar-refractivity contribution in [1.82, 2.24) is 15.1 Å². The van der Waals surface area contributed by atoms with E-state index >= 15 is 0 Å². The predicted octanol–water partition coefficient (Wildman–Crippen LogP) is 2.83. The number of rotatable bonds is 7. The summed E-state index contributed by atoms with van der Waals surface area (Å²) in [6, 6.07) is 2.58. The first-order chi connectivity index (χ1) is 7.72. The molecule has 0 amide bonds. The lowest BCUT2D eigenvalue weighted by atomic mass is 10.1. The van der Waals surface area contributed by atoms with E-state index in [0.29, 0.717) is 6.04 Å². The molecule has 1 aromatic heterocycles. The molecule has 1 unspecified atom stereocenters. The molecular weight excluding hydrogens is 198 g/mol. The van der Waals surface area contributed by atoms with E-state index in [1.807, 2.05) is 20.0 Å². The van der Waals surface area contributed by atoms with E-state index in [1.165, 1.54) is 12.1 Å². The summed E-state index contributed by atoms with van der Waals surface area (Å²) in [6.45, 7) is 8.87. The van der Waals surface area contributed by atoms with Crippen LogP contribution < -0.4 is 5.32 Å². The van der Waals surface area contributed by atoms with Gasteiger partial charge in [0.2, 0.25) is 0 Å². The number of nitrogens with zero attached hydrogens (tertiary/aromatic N) is 2. The largest absolute Gasteiger partial charge is 0.312 e. The zero-order chi connectivity index (χ0) is 12.0. The molecule has 1 aromatic rings. The van der Waals surface area contributed by atoms with E-state index in [2.05, 4.69) is 34.7 Å². The Bertz CT molecular complexity index is 328. The first-order valence-electron chi connectivity index (χ1n) is 6.05. The van der Waals surface area contributed by atoms with Crippen molar-refractivity contribution in [2.45, 2.75) is 45.7 Å². The Morgan fingerprint density at radius 1 is 1.62 bits per heavy atom. The predicted molar refractivity (Wildman–Crippen MR) is 68.5 cm³/mol. The van der Waals surface area contributed by atoms with Gasteiger partial charge in [0, 0.05) is 12.6 Å². The smallest absolute Gasteiger partial charge is 0.0597 e. The summed E-state index contributed by atoms with van der Waals surface area (Å²) in [5, 5.41) is 7.85. The van der Waals surface area contributed by atoms with Crippen molar-refractivity contribution in [3.63, 3.8) is 0 Å². The fraction of sp³-hybridized carbons (Fsp3) is 0.615. The number of hydrogen-bond donors (Lipinski definition) is 1. The number of aryl methyl sites for hydroxylation is 2. The van der Waals surface area contributed by atoms with Crippen molar-refractivity contribution in [2.24, 2.45) is 0 Å². The minimum atomic E-state index is 0.404. The SMILES string of the molecule is C=CCCCC(NC)c1cc(C)nn1CC. The van der Waals surface area contributed by atoms with Crippen LogP contribution in [0.4, 0.5) is 0 Å². The molecule has 0 aliphatic heterocycles. The van der Waals surface area contributed by atoms with Gasteiger partial charge in [-0.1, -0.05) is 6.08 Å².